The largest absolute Gasteiger partial charge is 0.382 e. The SMILES string of the molecule is Nc1nc2ncccc2c2c1ncn2Cc1cccc(CN2CCCC2)c1. The number of nitrogens with zero attached hydrogens (tertiary/aromatic N) is 5. The Morgan fingerprint density at radius 3 is 2.63 bits per heavy atom. The third-order valence-electron chi connectivity index (χ3n) is 5.30. The van der Waals surface area contributed by atoms with Gasteiger partial charge in [-0.25, -0.2) is 15.0 Å². The average molecular weight is 358 g/mol. The van der Waals surface area contributed by atoms with E-state index in [0.29, 0.717) is 11.5 Å². The van der Waals surface area contributed by atoms with Gasteiger partial charge < -0.3 is 10.3 Å². The summed E-state index contributed by atoms with van der Waals surface area (Å²) in [4.78, 5) is 15.8. The fraction of sp³-hybridized carbons (Fsp3) is 0.286. The van der Waals surface area contributed by atoms with E-state index in [9.17, 15) is 0 Å². The molecular weight excluding hydrogens is 336 g/mol. The standard InChI is InChI=1S/C21H22N6/c22-20-18-19(17-7-4-8-23-21(17)25-20)27(14-24-18)13-16-6-3-5-15(11-16)12-26-9-1-2-10-26/h3-8,11,14H,1-2,9-10,12-13H2,(H2,22,23,25). The van der Waals surface area contributed by atoms with Crippen LogP contribution in [0.25, 0.3) is 22.1 Å². The minimum absolute atomic E-state index is 0.428. The molecule has 0 unspecified atom stereocenters. The van der Waals surface area contributed by atoms with Gasteiger partial charge in [-0.15, -0.1) is 0 Å². The van der Waals surface area contributed by atoms with E-state index in [1.165, 1.54) is 37.1 Å². The number of nitrogens with two attached hydrogens (primary N) is 1. The van der Waals surface area contributed by atoms with Gasteiger partial charge in [0, 0.05) is 24.7 Å². The van der Waals surface area contributed by atoms with Gasteiger partial charge in [0.15, 0.2) is 11.5 Å². The summed E-state index contributed by atoms with van der Waals surface area (Å²) in [5.74, 6) is 0.428. The Morgan fingerprint density at radius 1 is 0.963 bits per heavy atom. The minimum Gasteiger partial charge on any atom is -0.382 e. The average Bonchev–Trinajstić information content (AvgIpc) is 3.33. The van der Waals surface area contributed by atoms with E-state index in [4.69, 9.17) is 5.73 Å². The van der Waals surface area contributed by atoms with E-state index in [-0.39, 0.29) is 0 Å². The van der Waals surface area contributed by atoms with E-state index in [1.807, 2.05) is 18.5 Å². The molecule has 0 radical (unpaired) electrons. The molecule has 6 nitrogen and oxygen atoms in total. The Kier molecular flexibility index (Phi) is 3.98. The second-order valence-corrected chi connectivity index (χ2v) is 7.24. The quantitative estimate of drug-likeness (QED) is 0.606. The zero-order valence-corrected chi connectivity index (χ0v) is 15.2. The molecule has 1 aliphatic heterocycles. The van der Waals surface area contributed by atoms with Gasteiger partial charge in [-0.2, -0.15) is 0 Å². The number of nitrogen functional groups attached to an aromatic ring is 1. The number of benzene rings is 1. The first-order chi connectivity index (χ1) is 13.3. The maximum atomic E-state index is 6.11. The summed E-state index contributed by atoms with van der Waals surface area (Å²) in [6.45, 7) is 4.20. The van der Waals surface area contributed by atoms with Gasteiger partial charge in [0.2, 0.25) is 0 Å². The number of hydrogen-bond acceptors (Lipinski definition) is 5. The van der Waals surface area contributed by atoms with Crippen molar-refractivity contribution in [1.82, 2.24) is 24.4 Å². The van der Waals surface area contributed by atoms with E-state index in [1.54, 1.807) is 6.20 Å². The number of likely N-dealkylation sites (tertiary alicyclic amines) is 1. The molecular formula is C21H22N6. The summed E-state index contributed by atoms with van der Waals surface area (Å²) in [5.41, 5.74) is 11.1. The Morgan fingerprint density at radius 2 is 1.78 bits per heavy atom. The molecule has 2 N–H and O–H groups in total. The number of fused-ring (bicyclic) bond motifs is 3. The van der Waals surface area contributed by atoms with Gasteiger partial charge >= 0.3 is 0 Å². The third kappa shape index (κ3) is 3.02. The van der Waals surface area contributed by atoms with Gasteiger partial charge in [0.1, 0.15) is 5.52 Å². The number of rotatable bonds is 4. The molecule has 0 amide bonds. The van der Waals surface area contributed by atoms with Gasteiger partial charge in [0.05, 0.1) is 11.8 Å². The summed E-state index contributed by atoms with van der Waals surface area (Å²) in [6.07, 6.45) is 6.22. The van der Waals surface area contributed by atoms with E-state index in [0.717, 1.165) is 29.5 Å². The summed E-state index contributed by atoms with van der Waals surface area (Å²) in [5, 5.41) is 0.979. The molecule has 3 aromatic heterocycles. The van der Waals surface area contributed by atoms with Crippen molar-refractivity contribution in [2.24, 2.45) is 0 Å². The smallest absolute Gasteiger partial charge is 0.163 e. The molecule has 1 saturated heterocycles. The van der Waals surface area contributed by atoms with E-state index in [2.05, 4.69) is 48.7 Å². The third-order valence-corrected chi connectivity index (χ3v) is 5.30. The maximum absolute atomic E-state index is 6.11. The van der Waals surface area contributed by atoms with Gasteiger partial charge in [0.25, 0.3) is 0 Å². The lowest BCUT2D eigenvalue weighted by Gasteiger charge is -2.15. The highest BCUT2D eigenvalue weighted by Gasteiger charge is 2.14. The molecule has 0 spiro atoms. The lowest BCUT2D eigenvalue weighted by atomic mass is 10.1. The summed E-state index contributed by atoms with van der Waals surface area (Å²) in [7, 11) is 0. The molecule has 27 heavy (non-hydrogen) atoms. The topological polar surface area (TPSA) is 72.9 Å². The number of pyridine rings is 2. The van der Waals surface area contributed by atoms with E-state index < -0.39 is 0 Å². The fourth-order valence-electron chi connectivity index (χ4n) is 4.03. The molecule has 136 valence electrons. The highest BCUT2D eigenvalue weighted by atomic mass is 15.1. The van der Waals surface area contributed by atoms with Crippen LogP contribution in [0.2, 0.25) is 0 Å². The molecule has 4 heterocycles. The molecule has 6 heteroatoms. The predicted molar refractivity (Wildman–Crippen MR) is 107 cm³/mol. The van der Waals surface area contributed by atoms with Crippen molar-refractivity contribution in [2.75, 3.05) is 18.8 Å². The van der Waals surface area contributed by atoms with Crippen molar-refractivity contribution in [3.05, 3.63) is 60.0 Å². The molecule has 0 bridgehead atoms. The van der Waals surface area contributed by atoms with Crippen LogP contribution in [0.1, 0.15) is 24.0 Å². The van der Waals surface area contributed by atoms with Crippen molar-refractivity contribution in [3.63, 3.8) is 0 Å². The number of imidazole rings is 1. The molecule has 5 rings (SSSR count). The number of aromatic nitrogens is 4. The normalized spacial score (nSPS) is 15.1. The van der Waals surface area contributed by atoms with E-state index >= 15 is 0 Å². The van der Waals surface area contributed by atoms with Gasteiger partial charge in [-0.1, -0.05) is 24.3 Å². The summed E-state index contributed by atoms with van der Waals surface area (Å²) < 4.78 is 2.15. The number of anilines is 1. The van der Waals surface area contributed by atoms with Crippen molar-refractivity contribution in [1.29, 1.82) is 0 Å². The van der Waals surface area contributed by atoms with Gasteiger partial charge in [-0.3, -0.25) is 4.90 Å². The Labute approximate surface area is 157 Å². The Balaban J connectivity index is 1.51. The lowest BCUT2D eigenvalue weighted by molar-refractivity contribution is 0.331. The minimum atomic E-state index is 0.428. The molecule has 4 aromatic rings. The molecule has 1 fully saturated rings. The van der Waals surface area contributed by atoms with Crippen LogP contribution in [-0.2, 0) is 13.1 Å². The van der Waals surface area contributed by atoms with Crippen LogP contribution in [-0.4, -0.2) is 37.5 Å². The van der Waals surface area contributed by atoms with Crippen LogP contribution in [0.4, 0.5) is 5.82 Å². The highest BCUT2D eigenvalue weighted by molar-refractivity contribution is 6.05. The zero-order chi connectivity index (χ0) is 18.2. The summed E-state index contributed by atoms with van der Waals surface area (Å²) in [6, 6.07) is 12.8. The first-order valence-corrected chi connectivity index (χ1v) is 9.43. The molecule has 0 saturated carbocycles. The maximum Gasteiger partial charge on any atom is 0.163 e. The van der Waals surface area contributed by atoms with Crippen molar-refractivity contribution in [3.8, 4) is 0 Å². The van der Waals surface area contributed by atoms with Crippen LogP contribution in [0.5, 0.6) is 0 Å². The second-order valence-electron chi connectivity index (χ2n) is 7.24. The van der Waals surface area contributed by atoms with Crippen molar-refractivity contribution >= 4 is 27.9 Å². The molecule has 0 atom stereocenters. The first-order valence-electron chi connectivity index (χ1n) is 9.43. The fourth-order valence-corrected chi connectivity index (χ4v) is 4.03. The Bertz CT molecular complexity index is 1110. The van der Waals surface area contributed by atoms with Crippen molar-refractivity contribution < 1.29 is 0 Å². The van der Waals surface area contributed by atoms with Crippen molar-refractivity contribution in [2.45, 2.75) is 25.9 Å². The van der Waals surface area contributed by atoms with Crippen LogP contribution in [0, 0.1) is 0 Å². The van der Waals surface area contributed by atoms with Crippen LogP contribution < -0.4 is 5.73 Å². The summed E-state index contributed by atoms with van der Waals surface area (Å²) >= 11 is 0. The predicted octanol–water partition coefficient (Wildman–Crippen LogP) is 3.21. The lowest BCUT2D eigenvalue weighted by Crippen LogP contribution is -2.18. The number of hydrogen-bond donors (Lipinski definition) is 1. The molecule has 0 aliphatic carbocycles. The first kappa shape index (κ1) is 16.2. The van der Waals surface area contributed by atoms with Crippen LogP contribution >= 0.6 is 0 Å². The molecule has 1 aromatic carbocycles. The highest BCUT2D eigenvalue weighted by Crippen LogP contribution is 2.26. The van der Waals surface area contributed by atoms with Crippen LogP contribution in [0.3, 0.4) is 0 Å². The zero-order valence-electron chi connectivity index (χ0n) is 15.2. The second kappa shape index (κ2) is 6.63. The van der Waals surface area contributed by atoms with Crippen LogP contribution in [0.15, 0.2) is 48.9 Å². The monoisotopic (exact) mass is 358 g/mol. The Hall–Kier alpha value is -2.99. The van der Waals surface area contributed by atoms with Gasteiger partial charge in [-0.05, 0) is 49.2 Å². The molecule has 1 aliphatic rings.